The van der Waals surface area contributed by atoms with Crippen LogP contribution in [0.4, 0.5) is 0 Å². The number of imide groups is 1. The molecule has 1 aliphatic rings. The van der Waals surface area contributed by atoms with Crippen molar-refractivity contribution < 1.29 is 9.59 Å². The number of carbonyl (C=O) groups is 2. The second-order valence-electron chi connectivity index (χ2n) is 3.75. The van der Waals surface area contributed by atoms with Crippen LogP contribution in [0, 0.1) is 3.57 Å². The van der Waals surface area contributed by atoms with Gasteiger partial charge >= 0.3 is 0 Å². The molecule has 0 saturated carbocycles. The number of nitrogens with one attached hydrogen (secondary N) is 1. The number of fused-ring (bicyclic) bond motifs is 3. The van der Waals surface area contributed by atoms with E-state index < -0.39 is 0 Å². The van der Waals surface area contributed by atoms with E-state index in [9.17, 15) is 9.59 Å². The summed E-state index contributed by atoms with van der Waals surface area (Å²) in [7, 11) is 1.92. The minimum absolute atomic E-state index is 0.296. The van der Waals surface area contributed by atoms with Crippen molar-refractivity contribution in [1.82, 2.24) is 9.88 Å². The van der Waals surface area contributed by atoms with Crippen molar-refractivity contribution in [3.8, 4) is 0 Å². The van der Waals surface area contributed by atoms with Gasteiger partial charge in [-0.25, -0.2) is 0 Å². The highest BCUT2D eigenvalue weighted by atomic mass is 127. The number of halogens is 1. The lowest BCUT2D eigenvalue weighted by Gasteiger charge is -2.02. The van der Waals surface area contributed by atoms with Gasteiger partial charge in [-0.05, 0) is 34.7 Å². The average molecular weight is 326 g/mol. The first-order valence-corrected chi connectivity index (χ1v) is 5.80. The molecule has 0 bridgehead atoms. The fourth-order valence-corrected chi connectivity index (χ4v) is 2.87. The summed E-state index contributed by atoms with van der Waals surface area (Å²) in [4.78, 5) is 23.3. The van der Waals surface area contributed by atoms with Gasteiger partial charge in [0, 0.05) is 27.7 Å². The van der Waals surface area contributed by atoms with Crippen LogP contribution in [0.3, 0.4) is 0 Å². The highest BCUT2D eigenvalue weighted by molar-refractivity contribution is 14.1. The third-order valence-electron chi connectivity index (χ3n) is 2.82. The standard InChI is InChI=1S/C11H7IN2O2/c1-14-3-2-5-7(14)4-6(12)9-8(5)10(15)13-11(9)16/h2-4H,1H3,(H,13,15,16). The molecule has 0 fully saturated rings. The number of hydrogen-bond donors (Lipinski definition) is 1. The second-order valence-corrected chi connectivity index (χ2v) is 4.91. The molecule has 4 nitrogen and oxygen atoms in total. The maximum absolute atomic E-state index is 11.7. The first kappa shape index (κ1) is 9.83. The first-order chi connectivity index (χ1) is 7.59. The van der Waals surface area contributed by atoms with Crippen LogP contribution in [-0.4, -0.2) is 16.4 Å². The molecule has 1 N–H and O–H groups in total. The van der Waals surface area contributed by atoms with Gasteiger partial charge in [0.1, 0.15) is 0 Å². The molecule has 0 spiro atoms. The van der Waals surface area contributed by atoms with Crippen molar-refractivity contribution in [2.45, 2.75) is 0 Å². The van der Waals surface area contributed by atoms with E-state index in [1.165, 1.54) is 0 Å². The Hall–Kier alpha value is -1.37. The molecule has 3 rings (SSSR count). The van der Waals surface area contributed by atoms with Crippen LogP contribution in [0.5, 0.6) is 0 Å². The van der Waals surface area contributed by atoms with Crippen molar-refractivity contribution >= 4 is 45.3 Å². The Labute approximate surface area is 105 Å². The summed E-state index contributed by atoms with van der Waals surface area (Å²) < 4.78 is 2.75. The van der Waals surface area contributed by atoms with E-state index in [1.807, 2.05) is 29.9 Å². The average Bonchev–Trinajstić information content (AvgIpc) is 2.71. The van der Waals surface area contributed by atoms with Crippen molar-refractivity contribution in [2.75, 3.05) is 0 Å². The lowest BCUT2D eigenvalue weighted by molar-refractivity contribution is 0.0880. The minimum atomic E-state index is -0.297. The Bertz CT molecular complexity index is 658. The zero-order chi connectivity index (χ0) is 11.4. The number of hydrogen-bond acceptors (Lipinski definition) is 2. The van der Waals surface area contributed by atoms with E-state index >= 15 is 0 Å². The van der Waals surface area contributed by atoms with Crippen LogP contribution in [0.2, 0.25) is 0 Å². The van der Waals surface area contributed by atoms with Gasteiger partial charge in [0.05, 0.1) is 11.1 Å². The Kier molecular flexibility index (Phi) is 1.88. The van der Waals surface area contributed by atoms with Crippen LogP contribution in [0.25, 0.3) is 10.9 Å². The minimum Gasteiger partial charge on any atom is -0.350 e. The third-order valence-corrected chi connectivity index (χ3v) is 3.67. The molecule has 0 unspecified atom stereocenters. The van der Waals surface area contributed by atoms with Gasteiger partial charge in [-0.2, -0.15) is 0 Å². The number of carbonyl (C=O) groups excluding carboxylic acids is 2. The molecule has 16 heavy (non-hydrogen) atoms. The quantitative estimate of drug-likeness (QED) is 0.591. The molecule has 0 radical (unpaired) electrons. The summed E-state index contributed by atoms with van der Waals surface area (Å²) in [5, 5.41) is 3.17. The van der Waals surface area contributed by atoms with E-state index in [0.717, 1.165) is 14.5 Å². The zero-order valence-corrected chi connectivity index (χ0v) is 10.5. The monoisotopic (exact) mass is 326 g/mol. The molecule has 1 aliphatic heterocycles. The Morgan fingerprint density at radius 1 is 1.25 bits per heavy atom. The highest BCUT2D eigenvalue weighted by Crippen LogP contribution is 2.30. The molecular formula is C11H7IN2O2. The van der Waals surface area contributed by atoms with E-state index in [-0.39, 0.29) is 11.8 Å². The van der Waals surface area contributed by atoms with Gasteiger partial charge in [0.15, 0.2) is 0 Å². The summed E-state index contributed by atoms with van der Waals surface area (Å²) in [6, 6.07) is 3.79. The maximum Gasteiger partial charge on any atom is 0.260 e. The number of aryl methyl sites for hydroxylation is 1. The predicted molar refractivity (Wildman–Crippen MR) is 67.4 cm³/mol. The van der Waals surface area contributed by atoms with Gasteiger partial charge in [0.25, 0.3) is 11.8 Å². The first-order valence-electron chi connectivity index (χ1n) is 4.73. The van der Waals surface area contributed by atoms with Crippen LogP contribution in [-0.2, 0) is 7.05 Å². The van der Waals surface area contributed by atoms with E-state index in [1.54, 1.807) is 0 Å². The number of benzene rings is 1. The van der Waals surface area contributed by atoms with E-state index in [0.29, 0.717) is 11.1 Å². The smallest absolute Gasteiger partial charge is 0.260 e. The van der Waals surface area contributed by atoms with Crippen molar-refractivity contribution in [3.05, 3.63) is 33.0 Å². The molecule has 2 aromatic rings. The lowest BCUT2D eigenvalue weighted by Crippen LogP contribution is -2.20. The van der Waals surface area contributed by atoms with Gasteiger partial charge < -0.3 is 4.57 Å². The Morgan fingerprint density at radius 2 is 1.94 bits per heavy atom. The normalized spacial score (nSPS) is 14.4. The van der Waals surface area contributed by atoms with Crippen molar-refractivity contribution in [2.24, 2.45) is 7.05 Å². The van der Waals surface area contributed by atoms with E-state index in [2.05, 4.69) is 27.9 Å². The summed E-state index contributed by atoms with van der Waals surface area (Å²) in [5.74, 6) is -0.593. The van der Waals surface area contributed by atoms with Crippen LogP contribution < -0.4 is 5.32 Å². The topological polar surface area (TPSA) is 51.1 Å². The summed E-state index contributed by atoms with van der Waals surface area (Å²) >= 11 is 2.09. The van der Waals surface area contributed by atoms with Gasteiger partial charge in [0.2, 0.25) is 0 Å². The van der Waals surface area contributed by atoms with Gasteiger partial charge in [-0.15, -0.1) is 0 Å². The maximum atomic E-state index is 11.7. The fourth-order valence-electron chi connectivity index (χ4n) is 2.07. The zero-order valence-electron chi connectivity index (χ0n) is 8.37. The highest BCUT2D eigenvalue weighted by Gasteiger charge is 2.31. The molecule has 80 valence electrons. The van der Waals surface area contributed by atoms with Crippen molar-refractivity contribution in [3.63, 3.8) is 0 Å². The lowest BCUT2D eigenvalue weighted by atomic mass is 10.1. The van der Waals surface area contributed by atoms with Gasteiger partial charge in [-0.3, -0.25) is 14.9 Å². The number of amides is 2. The summed E-state index contributed by atoms with van der Waals surface area (Å²) in [5.41, 5.74) is 1.98. The van der Waals surface area contributed by atoms with Crippen LogP contribution in [0.15, 0.2) is 18.3 Å². The molecular weight excluding hydrogens is 319 g/mol. The largest absolute Gasteiger partial charge is 0.350 e. The predicted octanol–water partition coefficient (Wildman–Crippen LogP) is 1.67. The molecule has 0 atom stereocenters. The molecule has 0 aliphatic carbocycles. The molecule has 0 saturated heterocycles. The second kappa shape index (κ2) is 3.07. The van der Waals surface area contributed by atoms with Gasteiger partial charge in [-0.1, -0.05) is 0 Å². The molecule has 1 aromatic carbocycles. The molecule has 2 heterocycles. The number of aromatic nitrogens is 1. The van der Waals surface area contributed by atoms with Crippen LogP contribution >= 0.6 is 22.6 Å². The fraction of sp³-hybridized carbons (Fsp3) is 0.0909. The SMILES string of the molecule is Cn1ccc2c3c(c(I)cc21)C(=O)NC3=O. The van der Waals surface area contributed by atoms with Crippen molar-refractivity contribution in [1.29, 1.82) is 0 Å². The summed E-state index contributed by atoms with van der Waals surface area (Å²) in [6.45, 7) is 0. The molecule has 2 amide bonds. The molecule has 1 aromatic heterocycles. The Balaban J connectivity index is 2.55. The third kappa shape index (κ3) is 1.09. The molecule has 5 heteroatoms. The van der Waals surface area contributed by atoms with E-state index in [4.69, 9.17) is 0 Å². The Morgan fingerprint density at radius 3 is 2.69 bits per heavy atom. The van der Waals surface area contributed by atoms with Crippen LogP contribution in [0.1, 0.15) is 20.7 Å². The summed E-state index contributed by atoms with van der Waals surface area (Å²) in [6.07, 6.45) is 1.89. The number of rotatable bonds is 0. The number of nitrogens with zero attached hydrogens (tertiary/aromatic N) is 1.